The number of ether oxygens (including phenoxy) is 6. The van der Waals surface area contributed by atoms with E-state index in [1.165, 1.54) is 0 Å². The van der Waals surface area contributed by atoms with Crippen molar-refractivity contribution < 1.29 is 28.4 Å². The Hall–Kier alpha value is -2.62. The number of hydrogen-bond acceptors (Lipinski definition) is 7. The molecule has 5 atom stereocenters. The van der Waals surface area contributed by atoms with Gasteiger partial charge < -0.3 is 28.4 Å². The van der Waals surface area contributed by atoms with Crippen LogP contribution in [-0.2, 0) is 48.2 Å². The smallest absolute Gasteiger partial charge is 0.186 e. The second-order valence-corrected chi connectivity index (χ2v) is 9.98. The van der Waals surface area contributed by atoms with E-state index < -0.39 is 18.5 Å². The van der Waals surface area contributed by atoms with Crippen molar-refractivity contribution in [2.75, 3.05) is 40.0 Å². The van der Waals surface area contributed by atoms with Crippen LogP contribution in [0.3, 0.4) is 0 Å². The molecule has 3 aromatic carbocycles. The lowest BCUT2D eigenvalue weighted by molar-refractivity contribution is -0.319. The largest absolute Gasteiger partial charge is 0.379 e. The van der Waals surface area contributed by atoms with E-state index >= 15 is 0 Å². The molecule has 0 amide bonds. The maximum absolute atomic E-state index is 6.67. The number of methoxy groups -OCH3 is 1. The minimum Gasteiger partial charge on any atom is -0.379 e. The second kappa shape index (κ2) is 14.7. The Labute approximate surface area is 231 Å². The highest BCUT2D eigenvalue weighted by Crippen LogP contribution is 2.31. The van der Waals surface area contributed by atoms with Crippen molar-refractivity contribution in [3.8, 4) is 0 Å². The summed E-state index contributed by atoms with van der Waals surface area (Å²) in [5, 5.41) is 0. The molecule has 2 fully saturated rings. The van der Waals surface area contributed by atoms with Gasteiger partial charge >= 0.3 is 0 Å². The van der Waals surface area contributed by atoms with Crippen LogP contribution in [0.15, 0.2) is 91.0 Å². The maximum atomic E-state index is 6.67. The highest BCUT2D eigenvalue weighted by Gasteiger charge is 2.49. The van der Waals surface area contributed by atoms with Crippen LogP contribution in [0, 0.1) is 0 Å². The molecule has 2 aliphatic heterocycles. The zero-order valence-corrected chi connectivity index (χ0v) is 22.6. The molecular weight excluding hydrogens is 494 g/mol. The van der Waals surface area contributed by atoms with Gasteiger partial charge in [-0.25, -0.2) is 0 Å². The third-order valence-electron chi connectivity index (χ3n) is 7.22. The molecule has 7 nitrogen and oxygen atoms in total. The average Bonchev–Trinajstić information content (AvgIpc) is 3.00. The molecule has 0 spiro atoms. The van der Waals surface area contributed by atoms with E-state index in [0.717, 1.165) is 29.8 Å². The Morgan fingerprint density at radius 1 is 0.641 bits per heavy atom. The Bertz CT molecular complexity index is 1080. The van der Waals surface area contributed by atoms with Crippen LogP contribution in [-0.4, -0.2) is 75.6 Å². The number of benzene rings is 3. The van der Waals surface area contributed by atoms with Crippen molar-refractivity contribution >= 4 is 0 Å². The minimum atomic E-state index is -0.600. The molecule has 0 bridgehead atoms. The first-order valence-electron chi connectivity index (χ1n) is 13.7. The molecule has 0 aromatic heterocycles. The quantitative estimate of drug-likeness (QED) is 0.341. The van der Waals surface area contributed by atoms with E-state index in [-0.39, 0.29) is 12.2 Å². The van der Waals surface area contributed by atoms with E-state index in [1.807, 2.05) is 54.6 Å². The first kappa shape index (κ1) is 27.9. The number of morpholine rings is 1. The predicted molar refractivity (Wildman–Crippen MR) is 148 cm³/mol. The van der Waals surface area contributed by atoms with Crippen molar-refractivity contribution in [2.24, 2.45) is 0 Å². The van der Waals surface area contributed by atoms with E-state index in [4.69, 9.17) is 28.4 Å². The van der Waals surface area contributed by atoms with E-state index in [0.29, 0.717) is 39.6 Å². The lowest BCUT2D eigenvalue weighted by Gasteiger charge is -2.47. The third-order valence-corrected chi connectivity index (χ3v) is 7.22. The molecule has 2 saturated heterocycles. The van der Waals surface area contributed by atoms with Gasteiger partial charge in [-0.2, -0.15) is 0 Å². The molecule has 0 unspecified atom stereocenters. The van der Waals surface area contributed by atoms with Crippen LogP contribution in [0.5, 0.6) is 0 Å². The van der Waals surface area contributed by atoms with Crippen molar-refractivity contribution in [3.63, 3.8) is 0 Å². The van der Waals surface area contributed by atoms with Crippen LogP contribution in [0.1, 0.15) is 16.7 Å². The van der Waals surface area contributed by atoms with Crippen molar-refractivity contribution in [2.45, 2.75) is 50.5 Å². The van der Waals surface area contributed by atoms with Gasteiger partial charge in [0.25, 0.3) is 0 Å². The summed E-state index contributed by atoms with van der Waals surface area (Å²) in [6.07, 6.45) is -2.14. The van der Waals surface area contributed by atoms with Gasteiger partial charge in [-0.3, -0.25) is 4.90 Å². The molecule has 3 aromatic rings. The van der Waals surface area contributed by atoms with Gasteiger partial charge in [0, 0.05) is 26.7 Å². The van der Waals surface area contributed by atoms with Crippen LogP contribution in [0.2, 0.25) is 0 Å². The number of hydrogen-bond donors (Lipinski definition) is 0. The first-order chi connectivity index (χ1) is 19.3. The Balaban J connectivity index is 1.41. The normalized spacial score (nSPS) is 25.9. The SMILES string of the molecule is CO[C@H]1O[C@H](CN2CCOCC2)[C@@H](OCc2ccccc2)[C@H](OCc2ccccc2)[C@H]1OCc1ccccc1. The highest BCUT2D eigenvalue weighted by atomic mass is 16.7. The fourth-order valence-corrected chi connectivity index (χ4v) is 5.12. The van der Waals surface area contributed by atoms with Crippen LogP contribution in [0.4, 0.5) is 0 Å². The van der Waals surface area contributed by atoms with Gasteiger partial charge in [0.1, 0.15) is 24.4 Å². The second-order valence-electron chi connectivity index (χ2n) is 9.98. The van der Waals surface area contributed by atoms with Gasteiger partial charge in [-0.1, -0.05) is 91.0 Å². The lowest BCUT2D eigenvalue weighted by atomic mass is 9.97. The summed E-state index contributed by atoms with van der Waals surface area (Å²) in [6, 6.07) is 30.5. The van der Waals surface area contributed by atoms with Gasteiger partial charge in [-0.15, -0.1) is 0 Å². The van der Waals surface area contributed by atoms with Crippen molar-refractivity contribution in [1.29, 1.82) is 0 Å². The molecule has 2 heterocycles. The third kappa shape index (κ3) is 7.96. The number of rotatable bonds is 12. The molecule has 39 heavy (non-hydrogen) atoms. The van der Waals surface area contributed by atoms with Gasteiger partial charge in [0.2, 0.25) is 0 Å². The molecular formula is C32H39NO6. The Morgan fingerprint density at radius 3 is 1.59 bits per heavy atom. The topological polar surface area (TPSA) is 58.6 Å². The first-order valence-corrected chi connectivity index (χ1v) is 13.7. The number of nitrogens with zero attached hydrogens (tertiary/aromatic N) is 1. The predicted octanol–water partition coefficient (Wildman–Crippen LogP) is 4.45. The average molecular weight is 534 g/mol. The van der Waals surface area contributed by atoms with Crippen LogP contribution in [0.25, 0.3) is 0 Å². The van der Waals surface area contributed by atoms with E-state index in [2.05, 4.69) is 41.3 Å². The summed E-state index contributed by atoms with van der Waals surface area (Å²) in [7, 11) is 1.66. The summed E-state index contributed by atoms with van der Waals surface area (Å²) >= 11 is 0. The zero-order chi connectivity index (χ0) is 26.7. The fraction of sp³-hybridized carbons (Fsp3) is 0.438. The summed E-state index contributed by atoms with van der Waals surface area (Å²) in [5.41, 5.74) is 3.26. The Morgan fingerprint density at radius 2 is 1.10 bits per heavy atom. The van der Waals surface area contributed by atoms with E-state index in [1.54, 1.807) is 7.11 Å². The Kier molecular flexibility index (Phi) is 10.5. The maximum Gasteiger partial charge on any atom is 0.186 e. The summed E-state index contributed by atoms with van der Waals surface area (Å²) in [5.74, 6) is 0. The molecule has 0 radical (unpaired) electrons. The fourth-order valence-electron chi connectivity index (χ4n) is 5.12. The van der Waals surface area contributed by atoms with Gasteiger partial charge in [0.15, 0.2) is 6.29 Å². The zero-order valence-electron chi connectivity index (χ0n) is 22.6. The highest BCUT2D eigenvalue weighted by molar-refractivity contribution is 5.15. The molecule has 0 saturated carbocycles. The molecule has 208 valence electrons. The molecule has 0 aliphatic carbocycles. The standard InChI is InChI=1S/C32H39NO6/c1-34-32-31(38-24-27-15-9-4-10-16-27)30(37-23-26-13-7-3-8-14-26)29(36-22-25-11-5-2-6-12-25)28(39-32)21-33-17-19-35-20-18-33/h2-16,28-32H,17-24H2,1H3/t28-,29-,30+,31-,32+/m1/s1. The molecule has 7 heteroatoms. The summed E-state index contributed by atoms with van der Waals surface area (Å²) < 4.78 is 37.9. The van der Waals surface area contributed by atoms with E-state index in [9.17, 15) is 0 Å². The lowest BCUT2D eigenvalue weighted by Crippen LogP contribution is -2.63. The van der Waals surface area contributed by atoms with Crippen molar-refractivity contribution in [1.82, 2.24) is 4.90 Å². The van der Waals surface area contributed by atoms with Crippen LogP contribution < -0.4 is 0 Å². The van der Waals surface area contributed by atoms with Gasteiger partial charge in [0.05, 0.1) is 33.0 Å². The molecule has 2 aliphatic rings. The van der Waals surface area contributed by atoms with Gasteiger partial charge in [-0.05, 0) is 16.7 Å². The molecule has 5 rings (SSSR count). The van der Waals surface area contributed by atoms with Crippen molar-refractivity contribution in [3.05, 3.63) is 108 Å². The van der Waals surface area contributed by atoms with Crippen LogP contribution >= 0.6 is 0 Å². The monoisotopic (exact) mass is 533 g/mol. The minimum absolute atomic E-state index is 0.269. The summed E-state index contributed by atoms with van der Waals surface area (Å²) in [6.45, 7) is 5.13. The molecule has 0 N–H and O–H groups in total. The summed E-state index contributed by atoms with van der Waals surface area (Å²) in [4.78, 5) is 2.36.